The van der Waals surface area contributed by atoms with Crippen molar-refractivity contribution < 1.29 is 27.5 Å². The van der Waals surface area contributed by atoms with E-state index in [1.807, 2.05) is 0 Å². The van der Waals surface area contributed by atoms with Gasteiger partial charge >= 0.3 is 5.97 Å². The molecule has 0 saturated carbocycles. The fourth-order valence-corrected chi connectivity index (χ4v) is 6.07. The molecule has 4 heterocycles. The number of aromatic nitrogens is 4. The number of aromatic amines is 1. The number of esters is 1. The quantitative estimate of drug-likeness (QED) is 0.160. The number of H-pyrrole nitrogens is 1. The summed E-state index contributed by atoms with van der Waals surface area (Å²) < 4.78 is 33.8. The zero-order chi connectivity index (χ0) is 28.4. The topological polar surface area (TPSA) is 152 Å². The number of methoxy groups -OCH3 is 1. The highest BCUT2D eigenvalue weighted by molar-refractivity contribution is 7.89. The van der Waals surface area contributed by atoms with Crippen molar-refractivity contribution in [3.8, 4) is 23.6 Å². The lowest BCUT2D eigenvalue weighted by Crippen LogP contribution is -2.57. The molecule has 5 rings (SSSR count). The minimum Gasteiger partial charge on any atom is -0.618 e. The maximum Gasteiger partial charge on any atom is 0.307 e. The lowest BCUT2D eigenvalue weighted by atomic mass is 10.1. The van der Waals surface area contributed by atoms with Gasteiger partial charge in [0.15, 0.2) is 6.20 Å². The summed E-state index contributed by atoms with van der Waals surface area (Å²) in [5, 5.41) is 12.7. The smallest absolute Gasteiger partial charge is 0.307 e. The Balaban J connectivity index is 1.39. The van der Waals surface area contributed by atoms with Crippen molar-refractivity contribution in [2.45, 2.75) is 17.5 Å². The van der Waals surface area contributed by atoms with Gasteiger partial charge in [-0.05, 0) is 30.3 Å². The van der Waals surface area contributed by atoms with Crippen LogP contribution in [0.4, 0.5) is 0 Å². The van der Waals surface area contributed by atoms with E-state index >= 15 is 0 Å². The highest BCUT2D eigenvalue weighted by Gasteiger charge is 2.39. The molecule has 1 atom stereocenters. The largest absolute Gasteiger partial charge is 0.618 e. The van der Waals surface area contributed by atoms with E-state index in [0.29, 0.717) is 32.5 Å². The third-order valence-electron chi connectivity index (χ3n) is 6.68. The van der Waals surface area contributed by atoms with Crippen LogP contribution in [0.2, 0.25) is 0 Å². The van der Waals surface area contributed by atoms with E-state index in [4.69, 9.17) is 11.2 Å². The Labute approximate surface area is 229 Å². The van der Waals surface area contributed by atoms with Gasteiger partial charge in [-0.15, -0.1) is 6.42 Å². The molecule has 1 amide bonds. The Morgan fingerprint density at radius 3 is 2.67 bits per heavy atom. The van der Waals surface area contributed by atoms with E-state index in [1.54, 1.807) is 36.4 Å². The Hall–Kier alpha value is -4.80. The maximum atomic E-state index is 13.5. The number of terminal acetylenes is 1. The number of hydrogen-bond donors (Lipinski definition) is 1. The van der Waals surface area contributed by atoms with Gasteiger partial charge in [-0.25, -0.2) is 18.4 Å². The van der Waals surface area contributed by atoms with Crippen molar-refractivity contribution in [2.24, 2.45) is 0 Å². The van der Waals surface area contributed by atoms with Crippen LogP contribution < -0.4 is 4.73 Å². The van der Waals surface area contributed by atoms with Gasteiger partial charge in [0.05, 0.1) is 25.1 Å². The fraction of sp³-hybridized carbons (Fsp3) is 0.222. The maximum absolute atomic E-state index is 13.5. The predicted molar refractivity (Wildman–Crippen MR) is 143 cm³/mol. The number of hydrogen-bond acceptors (Lipinski definition) is 8. The molecule has 1 aliphatic heterocycles. The molecule has 204 valence electrons. The van der Waals surface area contributed by atoms with Crippen molar-refractivity contribution in [1.82, 2.24) is 24.2 Å². The Morgan fingerprint density at radius 2 is 1.98 bits per heavy atom. The molecule has 13 heteroatoms. The molecular weight excluding hydrogens is 536 g/mol. The molecule has 4 aromatic rings. The highest BCUT2D eigenvalue weighted by Crippen LogP contribution is 2.26. The van der Waals surface area contributed by atoms with Crippen LogP contribution in [-0.4, -0.2) is 77.2 Å². The summed E-state index contributed by atoms with van der Waals surface area (Å²) in [6.45, 7) is -0.174. The summed E-state index contributed by atoms with van der Waals surface area (Å²) in [7, 11) is -2.78. The first-order valence-electron chi connectivity index (χ1n) is 12.2. The second-order valence-electron chi connectivity index (χ2n) is 9.08. The number of amides is 1. The number of rotatable bonds is 6. The number of pyridine rings is 1. The average Bonchev–Trinajstić information content (AvgIpc) is 3.41. The minimum absolute atomic E-state index is 0.00838. The molecule has 1 saturated heterocycles. The molecule has 12 nitrogen and oxygen atoms in total. The molecule has 40 heavy (non-hydrogen) atoms. The summed E-state index contributed by atoms with van der Waals surface area (Å²) in [5.41, 5.74) is 1.96. The molecule has 1 unspecified atom stereocenters. The molecule has 1 aromatic carbocycles. The zero-order valence-corrected chi connectivity index (χ0v) is 22.2. The van der Waals surface area contributed by atoms with Crippen LogP contribution in [0.5, 0.6) is 0 Å². The van der Waals surface area contributed by atoms with Crippen molar-refractivity contribution in [1.29, 1.82) is 0 Å². The lowest BCUT2D eigenvalue weighted by Gasteiger charge is -2.39. The van der Waals surface area contributed by atoms with Crippen molar-refractivity contribution in [2.75, 3.05) is 26.7 Å². The number of fused-ring (bicyclic) bond motifs is 1. The van der Waals surface area contributed by atoms with Crippen LogP contribution >= 0.6 is 0 Å². The molecule has 0 radical (unpaired) electrons. The third kappa shape index (κ3) is 5.09. The first kappa shape index (κ1) is 26.8. The summed E-state index contributed by atoms with van der Waals surface area (Å²) in [4.78, 5) is 38.2. The molecule has 1 aliphatic rings. The number of nitrogens with one attached hydrogen (secondary N) is 1. The van der Waals surface area contributed by atoms with Crippen molar-refractivity contribution in [3.63, 3.8) is 0 Å². The van der Waals surface area contributed by atoms with Gasteiger partial charge in [0.25, 0.3) is 15.9 Å². The van der Waals surface area contributed by atoms with Crippen LogP contribution in [0, 0.1) is 17.6 Å². The molecule has 3 aromatic heterocycles. The summed E-state index contributed by atoms with van der Waals surface area (Å²) in [6.07, 6.45) is 9.29. The number of sulfonamides is 1. The van der Waals surface area contributed by atoms with Crippen LogP contribution in [-0.2, 0) is 19.6 Å². The van der Waals surface area contributed by atoms with Crippen molar-refractivity contribution >= 4 is 32.8 Å². The number of carbonyl (C=O) groups is 2. The van der Waals surface area contributed by atoms with Crippen LogP contribution in [0.25, 0.3) is 22.2 Å². The average molecular weight is 561 g/mol. The first-order chi connectivity index (χ1) is 19.2. The number of carbonyl (C=O) groups excluding carboxylic acids is 2. The van der Waals surface area contributed by atoms with Gasteiger partial charge in [-0.1, -0.05) is 5.92 Å². The fourth-order valence-electron chi connectivity index (χ4n) is 4.59. The Kier molecular flexibility index (Phi) is 7.20. The predicted octanol–water partition coefficient (Wildman–Crippen LogP) is 1.32. The second kappa shape index (κ2) is 10.8. The molecule has 0 spiro atoms. The van der Waals surface area contributed by atoms with E-state index in [2.05, 4.69) is 20.9 Å². The number of ether oxygens (including phenoxy) is 1. The van der Waals surface area contributed by atoms with E-state index in [1.165, 1.54) is 41.0 Å². The number of nitrogens with zero attached hydrogens (tertiary/aromatic N) is 5. The highest BCUT2D eigenvalue weighted by atomic mass is 32.2. The van der Waals surface area contributed by atoms with Gasteiger partial charge in [0, 0.05) is 60.6 Å². The third-order valence-corrected chi connectivity index (χ3v) is 8.47. The zero-order valence-electron chi connectivity index (χ0n) is 21.4. The van der Waals surface area contributed by atoms with Gasteiger partial charge in [0.1, 0.15) is 5.03 Å². The summed E-state index contributed by atoms with van der Waals surface area (Å²) in [5.74, 6) is 1.19. The number of benzene rings is 1. The van der Waals surface area contributed by atoms with Crippen LogP contribution in [0.15, 0.2) is 66.1 Å². The molecule has 1 fully saturated rings. The van der Waals surface area contributed by atoms with Crippen molar-refractivity contribution in [3.05, 3.63) is 77.7 Å². The monoisotopic (exact) mass is 560 g/mol. The second-order valence-corrected chi connectivity index (χ2v) is 11.0. The number of piperazine rings is 1. The molecule has 0 bridgehead atoms. The Bertz CT molecular complexity index is 1750. The Morgan fingerprint density at radius 1 is 1.20 bits per heavy atom. The molecule has 0 aliphatic carbocycles. The van der Waals surface area contributed by atoms with Crippen LogP contribution in [0.3, 0.4) is 0 Å². The normalized spacial score (nSPS) is 16.0. The molecular formula is C27H24N6O6S. The van der Waals surface area contributed by atoms with E-state index < -0.39 is 27.9 Å². The van der Waals surface area contributed by atoms with Gasteiger partial charge in [0.2, 0.25) is 11.5 Å². The van der Waals surface area contributed by atoms with Gasteiger partial charge in [-0.2, -0.15) is 9.04 Å². The molecule has 1 N–H and O–H groups in total. The summed E-state index contributed by atoms with van der Waals surface area (Å²) in [6, 6.07) is 10.7. The standard InChI is InChI=1S/C27H24N6O6S/c1-3-18-7-8-22-19(12-18)13-24(30-22)40(37,38)31-10-11-32(21(17-31)14-25(34)39-2)27(35)26-28-15-20(16-29-26)23-6-4-5-9-33(23)36/h1,4-9,12-13,15-16,21,30H,10-11,14,17H2,2H3. The van der Waals surface area contributed by atoms with E-state index in [-0.39, 0.29) is 36.9 Å². The lowest BCUT2D eigenvalue weighted by molar-refractivity contribution is -0.593. The van der Waals surface area contributed by atoms with Gasteiger partial charge in [-0.3, -0.25) is 9.59 Å². The SMILES string of the molecule is C#Cc1ccc2[nH]c(S(=O)(=O)N3CCN(C(=O)c4ncc(-c5cccc[n+]5[O-])cn4)C(CC(=O)OC)C3)cc2c1. The van der Waals surface area contributed by atoms with Gasteiger partial charge < -0.3 is 19.8 Å². The summed E-state index contributed by atoms with van der Waals surface area (Å²) >= 11 is 0. The van der Waals surface area contributed by atoms with Crippen LogP contribution in [0.1, 0.15) is 22.6 Å². The first-order valence-corrected chi connectivity index (χ1v) is 13.6. The minimum atomic E-state index is -4.00. The van der Waals surface area contributed by atoms with E-state index in [9.17, 15) is 23.2 Å². The van der Waals surface area contributed by atoms with E-state index in [0.717, 1.165) is 0 Å².